The van der Waals surface area contributed by atoms with Gasteiger partial charge in [0.15, 0.2) is 0 Å². The molecule has 7 nitrogen and oxygen atoms in total. The first-order valence-corrected chi connectivity index (χ1v) is 8.22. The van der Waals surface area contributed by atoms with Crippen LogP contribution >= 0.6 is 0 Å². The van der Waals surface area contributed by atoms with Crippen LogP contribution in [0.1, 0.15) is 18.4 Å². The van der Waals surface area contributed by atoms with E-state index in [0.29, 0.717) is 16.9 Å². The smallest absolute Gasteiger partial charge is 0.274 e. The van der Waals surface area contributed by atoms with Crippen LogP contribution < -0.4 is 4.72 Å². The molecule has 116 valence electrons. The normalized spacial score (nSPS) is 15.0. The Hall–Kier alpha value is -2.19. The summed E-state index contributed by atoms with van der Waals surface area (Å²) in [5.41, 5.74) is 0.519. The molecular weight excluding hydrogens is 308 g/mol. The Kier molecular flexibility index (Phi) is 3.50. The number of nitrogens with zero attached hydrogens (tertiary/aromatic N) is 1. The number of furan rings is 1. The fourth-order valence-electron chi connectivity index (χ4n) is 2.19. The Bertz CT molecular complexity index is 823. The summed E-state index contributed by atoms with van der Waals surface area (Å²) in [5.74, 6) is 0.393. The van der Waals surface area contributed by atoms with E-state index < -0.39 is 14.9 Å². The summed E-state index contributed by atoms with van der Waals surface area (Å²) in [6.45, 7) is 1.57. The van der Waals surface area contributed by atoms with Crippen LogP contribution in [0.2, 0.25) is 0 Å². The van der Waals surface area contributed by atoms with E-state index in [1.807, 2.05) is 0 Å². The second kappa shape index (κ2) is 5.22. The third kappa shape index (κ3) is 2.75. The lowest BCUT2D eigenvalue weighted by Gasteiger charge is -2.10. The second-order valence-electron chi connectivity index (χ2n) is 5.24. The Morgan fingerprint density at radius 2 is 2.09 bits per heavy atom. The highest BCUT2D eigenvalue weighted by atomic mass is 32.2. The number of hydrogen-bond donors (Lipinski definition) is 1. The number of nitrogens with one attached hydrogen (secondary N) is 1. The predicted octanol–water partition coefficient (Wildman–Crippen LogP) is 2.60. The summed E-state index contributed by atoms with van der Waals surface area (Å²) in [6.07, 6.45) is 3.01. The van der Waals surface area contributed by atoms with Crippen LogP contribution in [0.4, 0.5) is 5.69 Å². The van der Waals surface area contributed by atoms with Gasteiger partial charge in [-0.25, -0.2) is 13.1 Å². The van der Waals surface area contributed by atoms with Crippen LogP contribution in [-0.4, -0.2) is 19.4 Å². The molecule has 0 saturated heterocycles. The maximum Gasteiger partial charge on any atom is 0.274 e. The van der Waals surface area contributed by atoms with Crippen molar-refractivity contribution in [2.45, 2.75) is 30.7 Å². The van der Waals surface area contributed by atoms with Crippen LogP contribution in [0.5, 0.6) is 0 Å². The molecule has 8 heteroatoms. The van der Waals surface area contributed by atoms with Gasteiger partial charge in [-0.3, -0.25) is 10.1 Å². The molecule has 1 saturated carbocycles. The zero-order valence-electron chi connectivity index (χ0n) is 11.8. The average molecular weight is 322 g/mol. The van der Waals surface area contributed by atoms with E-state index in [4.69, 9.17) is 4.42 Å². The van der Waals surface area contributed by atoms with Gasteiger partial charge in [0, 0.05) is 23.2 Å². The van der Waals surface area contributed by atoms with Crippen molar-refractivity contribution >= 4 is 15.7 Å². The van der Waals surface area contributed by atoms with Crippen LogP contribution in [0.3, 0.4) is 0 Å². The summed E-state index contributed by atoms with van der Waals surface area (Å²) in [7, 11) is -3.78. The molecule has 22 heavy (non-hydrogen) atoms. The minimum absolute atomic E-state index is 0.0718. The zero-order valence-corrected chi connectivity index (χ0v) is 12.6. The number of nitro groups is 1. The summed E-state index contributed by atoms with van der Waals surface area (Å²) in [4.78, 5) is 10.5. The standard InChI is InChI=1S/C14H14N2O5S/c1-9-12(14-3-2-6-21-14)7-11(8-13(9)16(17)18)22(19,20)15-10-4-5-10/h2-3,6-8,10,15H,4-5H2,1H3. The maximum atomic E-state index is 12.3. The van der Waals surface area contributed by atoms with Crippen LogP contribution in [0, 0.1) is 17.0 Å². The van der Waals surface area contributed by atoms with Crippen LogP contribution in [0.25, 0.3) is 11.3 Å². The Morgan fingerprint density at radius 1 is 1.36 bits per heavy atom. The van der Waals surface area contributed by atoms with Gasteiger partial charge < -0.3 is 4.42 Å². The first-order valence-electron chi connectivity index (χ1n) is 6.74. The van der Waals surface area contributed by atoms with Crippen molar-refractivity contribution in [3.63, 3.8) is 0 Å². The molecule has 0 atom stereocenters. The van der Waals surface area contributed by atoms with Gasteiger partial charge in [0.2, 0.25) is 10.0 Å². The maximum absolute atomic E-state index is 12.3. The number of benzene rings is 1. The van der Waals surface area contributed by atoms with Gasteiger partial charge in [-0.15, -0.1) is 0 Å². The predicted molar refractivity (Wildman–Crippen MR) is 78.9 cm³/mol. The van der Waals surface area contributed by atoms with E-state index in [-0.39, 0.29) is 16.6 Å². The number of nitro benzene ring substituents is 1. The first-order chi connectivity index (χ1) is 10.4. The van der Waals surface area contributed by atoms with Gasteiger partial charge in [0.05, 0.1) is 16.1 Å². The monoisotopic (exact) mass is 322 g/mol. The largest absolute Gasteiger partial charge is 0.464 e. The highest BCUT2D eigenvalue weighted by Gasteiger charge is 2.30. The Labute approximate surface area is 127 Å². The SMILES string of the molecule is Cc1c(-c2ccco2)cc(S(=O)(=O)NC2CC2)cc1[N+](=O)[O-]. The van der Waals surface area contributed by atoms with E-state index >= 15 is 0 Å². The van der Waals surface area contributed by atoms with Crippen molar-refractivity contribution in [2.24, 2.45) is 0 Å². The Balaban J connectivity index is 2.16. The molecule has 1 N–H and O–H groups in total. The van der Waals surface area contributed by atoms with Crippen molar-refractivity contribution in [1.29, 1.82) is 0 Å². The highest BCUT2D eigenvalue weighted by molar-refractivity contribution is 7.89. The van der Waals surface area contributed by atoms with Gasteiger partial charge in [0.1, 0.15) is 5.76 Å². The van der Waals surface area contributed by atoms with Crippen molar-refractivity contribution in [3.8, 4) is 11.3 Å². The quantitative estimate of drug-likeness (QED) is 0.673. The topological polar surface area (TPSA) is 102 Å². The molecule has 0 amide bonds. The van der Waals surface area contributed by atoms with Crippen molar-refractivity contribution in [2.75, 3.05) is 0 Å². The number of hydrogen-bond acceptors (Lipinski definition) is 5. The number of sulfonamides is 1. The molecule has 0 spiro atoms. The fraction of sp³-hybridized carbons (Fsp3) is 0.286. The average Bonchev–Trinajstić information content (AvgIpc) is 3.08. The van der Waals surface area contributed by atoms with Gasteiger partial charge in [-0.1, -0.05) is 0 Å². The van der Waals surface area contributed by atoms with Crippen molar-refractivity contribution < 1.29 is 17.8 Å². The number of rotatable bonds is 5. The van der Waals surface area contributed by atoms with Gasteiger partial charge in [-0.2, -0.15) is 0 Å². The van der Waals surface area contributed by atoms with Crippen molar-refractivity contribution in [3.05, 3.63) is 46.2 Å². The molecule has 2 aromatic rings. The van der Waals surface area contributed by atoms with E-state index in [9.17, 15) is 18.5 Å². The molecule has 0 unspecified atom stereocenters. The molecule has 0 radical (unpaired) electrons. The fourth-order valence-corrected chi connectivity index (χ4v) is 3.54. The molecule has 1 heterocycles. The molecule has 0 bridgehead atoms. The van der Waals surface area contributed by atoms with Gasteiger partial charge in [0.25, 0.3) is 5.69 Å². The first kappa shape index (κ1) is 14.7. The van der Waals surface area contributed by atoms with Crippen molar-refractivity contribution in [1.82, 2.24) is 4.72 Å². The van der Waals surface area contributed by atoms with E-state index in [0.717, 1.165) is 18.9 Å². The molecule has 0 aliphatic heterocycles. The van der Waals surface area contributed by atoms with E-state index in [2.05, 4.69) is 4.72 Å². The van der Waals surface area contributed by atoms with E-state index in [1.165, 1.54) is 12.3 Å². The molecule has 1 fully saturated rings. The van der Waals surface area contributed by atoms with Gasteiger partial charge in [-0.05, 0) is 38.0 Å². The summed E-state index contributed by atoms with van der Waals surface area (Å²) < 4.78 is 32.4. The van der Waals surface area contributed by atoms with Gasteiger partial charge >= 0.3 is 0 Å². The third-order valence-electron chi connectivity index (χ3n) is 3.55. The molecule has 1 aromatic carbocycles. The molecular formula is C14H14N2O5S. The molecule has 3 rings (SSSR count). The van der Waals surface area contributed by atoms with Crippen LogP contribution in [0.15, 0.2) is 39.8 Å². The highest BCUT2D eigenvalue weighted by Crippen LogP contribution is 2.34. The molecule has 1 aliphatic carbocycles. The summed E-state index contributed by atoms with van der Waals surface area (Å²) in [5, 5.41) is 11.2. The third-order valence-corrected chi connectivity index (χ3v) is 5.05. The second-order valence-corrected chi connectivity index (χ2v) is 6.96. The summed E-state index contributed by atoms with van der Waals surface area (Å²) in [6, 6.07) is 5.71. The Morgan fingerprint density at radius 3 is 2.64 bits per heavy atom. The summed E-state index contributed by atoms with van der Waals surface area (Å²) >= 11 is 0. The van der Waals surface area contributed by atoms with E-state index in [1.54, 1.807) is 19.1 Å². The molecule has 1 aromatic heterocycles. The zero-order chi connectivity index (χ0) is 15.9. The lowest BCUT2D eigenvalue weighted by Crippen LogP contribution is -2.25. The molecule has 1 aliphatic rings. The minimum atomic E-state index is -3.78. The van der Waals surface area contributed by atoms with Crippen LogP contribution in [-0.2, 0) is 10.0 Å². The lowest BCUT2D eigenvalue weighted by molar-refractivity contribution is -0.385. The lowest BCUT2D eigenvalue weighted by atomic mass is 10.0. The minimum Gasteiger partial charge on any atom is -0.464 e.